The Morgan fingerprint density at radius 1 is 1.17 bits per heavy atom. The van der Waals surface area contributed by atoms with Crippen LogP contribution in [0.2, 0.25) is 0 Å². The summed E-state index contributed by atoms with van der Waals surface area (Å²) < 4.78 is 0. The molecule has 9 heteroatoms. The normalized spacial score (nSPS) is 19.3. The number of benzene rings is 1. The molecule has 4 rings (SSSR count). The van der Waals surface area contributed by atoms with E-state index >= 15 is 0 Å². The third-order valence-corrected chi connectivity index (χ3v) is 5.73. The van der Waals surface area contributed by atoms with E-state index in [-0.39, 0.29) is 18.9 Å². The second kappa shape index (κ2) is 9.06. The van der Waals surface area contributed by atoms with Gasteiger partial charge < -0.3 is 5.32 Å². The lowest BCUT2D eigenvalue weighted by Crippen LogP contribution is -2.34. The van der Waals surface area contributed by atoms with Gasteiger partial charge in [-0.25, -0.2) is 4.79 Å². The molecule has 2 aromatic rings. The lowest BCUT2D eigenvalue weighted by Gasteiger charge is -2.12. The molecule has 1 aliphatic carbocycles. The van der Waals surface area contributed by atoms with Gasteiger partial charge in [0.2, 0.25) is 11.9 Å². The smallest absolute Gasteiger partial charge is 0.325 e. The number of aromatic nitrogens is 3. The molecule has 1 aromatic heterocycles. The topological polar surface area (TPSA) is 120 Å². The van der Waals surface area contributed by atoms with Gasteiger partial charge in [-0.1, -0.05) is 56.0 Å². The summed E-state index contributed by atoms with van der Waals surface area (Å²) in [5.41, 5.74) is 0.844. The molecule has 1 unspecified atom stereocenters. The average molecular weight is 410 g/mol. The zero-order chi connectivity index (χ0) is 20.9. The lowest BCUT2D eigenvalue weighted by atomic mass is 10.0. The zero-order valence-corrected chi connectivity index (χ0v) is 16.8. The highest BCUT2D eigenvalue weighted by Gasteiger charge is 2.39. The summed E-state index contributed by atoms with van der Waals surface area (Å²) in [6.45, 7) is 0.175. The summed E-state index contributed by atoms with van der Waals surface area (Å²) in [4.78, 5) is 42.5. The Bertz CT molecular complexity index is 906. The van der Waals surface area contributed by atoms with Gasteiger partial charge in [0.25, 0.3) is 5.91 Å². The van der Waals surface area contributed by atoms with Gasteiger partial charge in [-0.15, -0.1) is 5.10 Å². The Kier molecular flexibility index (Phi) is 6.06. The minimum Gasteiger partial charge on any atom is -0.325 e. The number of rotatable bonds is 8. The molecule has 9 nitrogen and oxygen atoms in total. The first-order valence-electron chi connectivity index (χ1n) is 10.5. The molecule has 0 bridgehead atoms. The summed E-state index contributed by atoms with van der Waals surface area (Å²) in [5, 5.41) is 12.1. The average Bonchev–Trinajstić information content (AvgIpc) is 3.46. The van der Waals surface area contributed by atoms with Gasteiger partial charge in [0.1, 0.15) is 11.9 Å². The van der Waals surface area contributed by atoms with Gasteiger partial charge in [0, 0.05) is 6.42 Å². The van der Waals surface area contributed by atoms with Crippen molar-refractivity contribution in [2.24, 2.45) is 5.92 Å². The molecule has 0 radical (unpaired) electrons. The van der Waals surface area contributed by atoms with Crippen LogP contribution < -0.4 is 10.6 Å². The van der Waals surface area contributed by atoms with Crippen molar-refractivity contribution < 1.29 is 14.4 Å². The fourth-order valence-electron chi connectivity index (χ4n) is 4.09. The molecule has 4 amide bonds. The van der Waals surface area contributed by atoms with Crippen LogP contribution in [0.4, 0.5) is 10.7 Å². The number of carbonyl (C=O) groups excluding carboxylic acids is 3. The van der Waals surface area contributed by atoms with E-state index in [1.807, 2.05) is 30.3 Å². The molecule has 1 aromatic carbocycles. The van der Waals surface area contributed by atoms with Gasteiger partial charge in [0.15, 0.2) is 0 Å². The highest BCUT2D eigenvalue weighted by atomic mass is 16.2. The van der Waals surface area contributed by atoms with Gasteiger partial charge >= 0.3 is 6.03 Å². The molecular weight excluding hydrogens is 384 g/mol. The highest BCUT2D eigenvalue weighted by molar-refractivity contribution is 6.06. The van der Waals surface area contributed by atoms with Crippen LogP contribution in [0.15, 0.2) is 30.3 Å². The molecule has 3 N–H and O–H groups in total. The highest BCUT2D eigenvalue weighted by Crippen LogP contribution is 2.28. The first-order valence-corrected chi connectivity index (χ1v) is 10.5. The quantitative estimate of drug-likeness (QED) is 0.577. The third-order valence-electron chi connectivity index (χ3n) is 5.73. The van der Waals surface area contributed by atoms with E-state index in [1.165, 1.54) is 25.7 Å². The van der Waals surface area contributed by atoms with Crippen molar-refractivity contribution in [1.82, 2.24) is 25.4 Å². The summed E-state index contributed by atoms with van der Waals surface area (Å²) in [5.74, 6) is 0.863. The Morgan fingerprint density at radius 2 is 1.93 bits per heavy atom. The number of carbonyl (C=O) groups is 3. The van der Waals surface area contributed by atoms with Crippen LogP contribution in [-0.4, -0.2) is 44.0 Å². The number of aromatic amines is 1. The number of hydrogen-bond acceptors (Lipinski definition) is 5. The number of amides is 4. The second-order valence-electron chi connectivity index (χ2n) is 7.96. The summed E-state index contributed by atoms with van der Waals surface area (Å²) in [6.07, 6.45) is 6.88. The van der Waals surface area contributed by atoms with E-state index in [2.05, 4.69) is 25.8 Å². The maximum Gasteiger partial charge on any atom is 0.325 e. The van der Waals surface area contributed by atoms with E-state index < -0.39 is 23.9 Å². The van der Waals surface area contributed by atoms with Crippen LogP contribution in [0.5, 0.6) is 0 Å². The lowest BCUT2D eigenvalue weighted by molar-refractivity contribution is -0.130. The van der Waals surface area contributed by atoms with Crippen molar-refractivity contribution in [1.29, 1.82) is 0 Å². The monoisotopic (exact) mass is 410 g/mol. The Morgan fingerprint density at radius 3 is 2.70 bits per heavy atom. The van der Waals surface area contributed by atoms with Crippen LogP contribution >= 0.6 is 0 Å². The van der Waals surface area contributed by atoms with Gasteiger partial charge in [0.05, 0.1) is 13.0 Å². The molecule has 30 heavy (non-hydrogen) atoms. The summed E-state index contributed by atoms with van der Waals surface area (Å²) in [6, 6.07) is 7.86. The van der Waals surface area contributed by atoms with Crippen LogP contribution in [0, 0.1) is 5.92 Å². The number of H-pyrrole nitrogens is 1. The van der Waals surface area contributed by atoms with Crippen molar-refractivity contribution in [3.8, 4) is 0 Å². The standard InChI is InChI=1S/C21H26N6O3/c28-18(24-20-23-17(25-26-20)11-10-14-6-4-5-7-14)12-16-19(29)27(21(30)22-16)13-15-8-2-1-3-9-15/h1-3,8-9,14,16H,4-7,10-13H2,(H,22,30)(H2,23,24,25,26,28). The number of anilines is 1. The van der Waals surface area contributed by atoms with Crippen molar-refractivity contribution in [2.45, 2.75) is 57.5 Å². The van der Waals surface area contributed by atoms with Crippen molar-refractivity contribution in [3.05, 3.63) is 41.7 Å². The van der Waals surface area contributed by atoms with E-state index in [4.69, 9.17) is 0 Å². The number of imide groups is 1. The van der Waals surface area contributed by atoms with Gasteiger partial charge in [-0.05, 0) is 17.9 Å². The summed E-state index contributed by atoms with van der Waals surface area (Å²) >= 11 is 0. The fraction of sp³-hybridized carbons (Fsp3) is 0.476. The second-order valence-corrected chi connectivity index (χ2v) is 7.96. The molecule has 2 aliphatic rings. The molecule has 1 aliphatic heterocycles. The Hall–Kier alpha value is -3.23. The molecular formula is C21H26N6O3. The first-order chi connectivity index (χ1) is 14.6. The fourth-order valence-corrected chi connectivity index (χ4v) is 4.09. The van der Waals surface area contributed by atoms with E-state index in [0.717, 1.165) is 35.0 Å². The SMILES string of the molecule is O=C(CC1NC(=O)N(Cc2ccccc2)C1=O)Nc1n[nH]c(CCC2CCCC2)n1. The number of urea groups is 1. The van der Waals surface area contributed by atoms with Crippen molar-refractivity contribution >= 4 is 23.8 Å². The minimum atomic E-state index is -0.887. The number of aryl methyl sites for hydroxylation is 1. The van der Waals surface area contributed by atoms with Crippen molar-refractivity contribution in [2.75, 3.05) is 5.32 Å². The molecule has 2 heterocycles. The zero-order valence-electron chi connectivity index (χ0n) is 16.8. The predicted octanol–water partition coefficient (Wildman–Crippen LogP) is 2.38. The van der Waals surface area contributed by atoms with E-state index in [0.29, 0.717) is 0 Å². The number of nitrogens with zero attached hydrogens (tertiary/aromatic N) is 3. The summed E-state index contributed by atoms with van der Waals surface area (Å²) in [7, 11) is 0. The molecule has 2 fully saturated rings. The van der Waals surface area contributed by atoms with Crippen molar-refractivity contribution in [3.63, 3.8) is 0 Å². The Balaban J connectivity index is 1.26. The predicted molar refractivity (Wildman–Crippen MR) is 109 cm³/mol. The molecule has 0 spiro atoms. The van der Waals surface area contributed by atoms with Crippen LogP contribution in [-0.2, 0) is 22.6 Å². The number of hydrogen-bond donors (Lipinski definition) is 3. The Labute approximate surface area is 174 Å². The maximum absolute atomic E-state index is 12.5. The van der Waals surface area contributed by atoms with Crippen LogP contribution in [0.1, 0.15) is 49.9 Å². The maximum atomic E-state index is 12.5. The minimum absolute atomic E-state index is 0.165. The molecule has 1 saturated carbocycles. The molecule has 1 atom stereocenters. The number of nitrogens with one attached hydrogen (secondary N) is 3. The molecule has 1 saturated heterocycles. The van der Waals surface area contributed by atoms with Crippen LogP contribution in [0.25, 0.3) is 0 Å². The van der Waals surface area contributed by atoms with Crippen LogP contribution in [0.3, 0.4) is 0 Å². The first kappa shape index (κ1) is 20.1. The third kappa shape index (κ3) is 4.84. The molecule has 158 valence electrons. The van der Waals surface area contributed by atoms with Gasteiger partial charge in [-0.3, -0.25) is 24.9 Å². The van der Waals surface area contributed by atoms with E-state index in [9.17, 15) is 14.4 Å². The largest absolute Gasteiger partial charge is 0.325 e. The van der Waals surface area contributed by atoms with E-state index in [1.54, 1.807) is 0 Å². The van der Waals surface area contributed by atoms with Gasteiger partial charge in [-0.2, -0.15) is 4.98 Å².